The molecule has 1 aromatic rings. The number of halogens is 1. The maximum Gasteiger partial charge on any atom is 0.240 e. The molecule has 0 saturated heterocycles. The summed E-state index contributed by atoms with van der Waals surface area (Å²) >= 11 is 3.43. The van der Waals surface area contributed by atoms with Gasteiger partial charge in [-0.15, -0.1) is 0 Å². The van der Waals surface area contributed by atoms with E-state index >= 15 is 0 Å². The summed E-state index contributed by atoms with van der Waals surface area (Å²) in [6.45, 7) is 6.08. The average Bonchev–Trinajstić information content (AvgIpc) is 2.34. The van der Waals surface area contributed by atoms with Crippen molar-refractivity contribution in [2.24, 2.45) is 0 Å². The molecule has 2 amide bonds. The van der Waals surface area contributed by atoms with Crippen LogP contribution in [0.5, 0.6) is 0 Å². The number of hydrogen-bond acceptors (Lipinski definition) is 2. The molecule has 5 heteroatoms. The molecule has 0 aromatic heterocycles. The molecular formula is C14H19BrN2O2. The topological polar surface area (TPSA) is 49.4 Å². The first-order valence-corrected chi connectivity index (χ1v) is 7.06. The van der Waals surface area contributed by atoms with Gasteiger partial charge in [0.1, 0.15) is 6.54 Å². The first kappa shape index (κ1) is 15.7. The number of benzene rings is 1. The van der Waals surface area contributed by atoms with Crippen molar-refractivity contribution in [2.45, 2.75) is 27.2 Å². The van der Waals surface area contributed by atoms with Crippen molar-refractivity contribution in [1.29, 1.82) is 0 Å². The van der Waals surface area contributed by atoms with E-state index < -0.39 is 0 Å². The van der Waals surface area contributed by atoms with Gasteiger partial charge in [0.25, 0.3) is 0 Å². The van der Waals surface area contributed by atoms with Crippen LogP contribution < -0.4 is 10.2 Å². The van der Waals surface area contributed by atoms with Gasteiger partial charge in [0.05, 0.1) is 5.69 Å². The van der Waals surface area contributed by atoms with Gasteiger partial charge in [0.2, 0.25) is 11.8 Å². The minimum atomic E-state index is -0.156. The third kappa shape index (κ3) is 4.67. The Morgan fingerprint density at radius 2 is 2.05 bits per heavy atom. The summed E-state index contributed by atoms with van der Waals surface area (Å²) in [5.74, 6) is -0.305. The minimum Gasteiger partial charge on any atom is -0.355 e. The Bertz CT molecular complexity index is 475. The van der Waals surface area contributed by atoms with Gasteiger partial charge in [-0.3, -0.25) is 9.59 Å². The number of carbonyl (C=O) groups is 2. The second-order valence-corrected chi connectivity index (χ2v) is 5.26. The minimum absolute atomic E-state index is 0.0387. The Morgan fingerprint density at radius 3 is 2.58 bits per heavy atom. The summed E-state index contributed by atoms with van der Waals surface area (Å²) in [7, 11) is 0. The molecule has 0 aliphatic heterocycles. The molecule has 0 heterocycles. The number of aryl methyl sites for hydroxylation is 1. The molecule has 0 saturated carbocycles. The van der Waals surface area contributed by atoms with Gasteiger partial charge in [-0.25, -0.2) is 0 Å². The highest BCUT2D eigenvalue weighted by Gasteiger charge is 2.17. The molecule has 1 aromatic carbocycles. The SMILES string of the molecule is CCCNC(=O)CN(C(C)=O)c1ccc(C)cc1Br. The second-order valence-electron chi connectivity index (χ2n) is 4.41. The number of hydrogen-bond donors (Lipinski definition) is 1. The maximum absolute atomic E-state index is 11.7. The van der Waals surface area contributed by atoms with E-state index in [4.69, 9.17) is 0 Å². The van der Waals surface area contributed by atoms with Gasteiger partial charge >= 0.3 is 0 Å². The fourth-order valence-electron chi connectivity index (χ4n) is 1.66. The van der Waals surface area contributed by atoms with Gasteiger partial charge in [-0.1, -0.05) is 13.0 Å². The lowest BCUT2D eigenvalue weighted by atomic mass is 10.2. The van der Waals surface area contributed by atoms with Crippen LogP contribution in [0.15, 0.2) is 22.7 Å². The van der Waals surface area contributed by atoms with Crippen LogP contribution >= 0.6 is 15.9 Å². The van der Waals surface area contributed by atoms with Crippen LogP contribution in [0.2, 0.25) is 0 Å². The molecule has 0 atom stereocenters. The van der Waals surface area contributed by atoms with Crippen LogP contribution in [-0.2, 0) is 9.59 Å². The van der Waals surface area contributed by atoms with E-state index in [1.165, 1.54) is 11.8 Å². The van der Waals surface area contributed by atoms with Crippen molar-refractivity contribution in [1.82, 2.24) is 5.32 Å². The van der Waals surface area contributed by atoms with E-state index in [0.717, 1.165) is 16.5 Å². The van der Waals surface area contributed by atoms with Crippen molar-refractivity contribution in [3.05, 3.63) is 28.2 Å². The zero-order valence-corrected chi connectivity index (χ0v) is 13.1. The van der Waals surface area contributed by atoms with Crippen molar-refractivity contribution >= 4 is 33.4 Å². The number of nitrogens with zero attached hydrogens (tertiary/aromatic N) is 1. The highest BCUT2D eigenvalue weighted by molar-refractivity contribution is 9.10. The summed E-state index contributed by atoms with van der Waals surface area (Å²) < 4.78 is 0.811. The molecule has 0 fully saturated rings. The fourth-order valence-corrected chi connectivity index (χ4v) is 2.37. The molecule has 0 spiro atoms. The third-order valence-electron chi connectivity index (χ3n) is 2.65. The number of nitrogens with one attached hydrogen (secondary N) is 1. The molecule has 104 valence electrons. The average molecular weight is 327 g/mol. The lowest BCUT2D eigenvalue weighted by molar-refractivity contribution is -0.123. The van der Waals surface area contributed by atoms with Gasteiger partial charge in [-0.2, -0.15) is 0 Å². The van der Waals surface area contributed by atoms with Crippen LogP contribution in [0.3, 0.4) is 0 Å². The largest absolute Gasteiger partial charge is 0.355 e. The Morgan fingerprint density at radius 1 is 1.37 bits per heavy atom. The Balaban J connectivity index is 2.88. The molecule has 1 N–H and O–H groups in total. The molecule has 19 heavy (non-hydrogen) atoms. The van der Waals surface area contributed by atoms with Crippen LogP contribution in [0.4, 0.5) is 5.69 Å². The Kier molecular flexibility index (Phi) is 6.02. The summed E-state index contributed by atoms with van der Waals surface area (Å²) in [5.41, 5.74) is 1.80. The van der Waals surface area contributed by atoms with Gasteiger partial charge in [0.15, 0.2) is 0 Å². The lowest BCUT2D eigenvalue weighted by Crippen LogP contribution is -2.40. The van der Waals surface area contributed by atoms with Crippen LogP contribution in [-0.4, -0.2) is 24.9 Å². The van der Waals surface area contributed by atoms with E-state index in [2.05, 4.69) is 21.2 Å². The Labute approximate surface area is 122 Å². The number of amides is 2. The first-order chi connectivity index (χ1) is 8.95. The van der Waals surface area contributed by atoms with Crippen LogP contribution in [0.1, 0.15) is 25.8 Å². The van der Waals surface area contributed by atoms with Crippen LogP contribution in [0.25, 0.3) is 0 Å². The molecular weight excluding hydrogens is 308 g/mol. The van der Waals surface area contributed by atoms with Crippen molar-refractivity contribution in [3.8, 4) is 0 Å². The number of rotatable bonds is 5. The van der Waals surface area contributed by atoms with E-state index in [-0.39, 0.29) is 18.4 Å². The van der Waals surface area contributed by atoms with E-state index in [9.17, 15) is 9.59 Å². The molecule has 0 aliphatic carbocycles. The van der Waals surface area contributed by atoms with Crippen molar-refractivity contribution < 1.29 is 9.59 Å². The summed E-state index contributed by atoms with van der Waals surface area (Å²) in [5, 5.41) is 2.77. The third-order valence-corrected chi connectivity index (χ3v) is 3.28. The maximum atomic E-state index is 11.7. The quantitative estimate of drug-likeness (QED) is 0.904. The predicted octanol–water partition coefficient (Wildman–Crippen LogP) is 2.64. The number of carbonyl (C=O) groups excluding carboxylic acids is 2. The van der Waals surface area contributed by atoms with Gasteiger partial charge < -0.3 is 10.2 Å². The summed E-state index contributed by atoms with van der Waals surface area (Å²) in [4.78, 5) is 24.9. The smallest absolute Gasteiger partial charge is 0.240 e. The van der Waals surface area contributed by atoms with Crippen molar-refractivity contribution in [3.63, 3.8) is 0 Å². The second kappa shape index (κ2) is 7.28. The monoisotopic (exact) mass is 326 g/mol. The van der Waals surface area contributed by atoms with E-state index in [0.29, 0.717) is 12.2 Å². The summed E-state index contributed by atoms with van der Waals surface area (Å²) in [6.07, 6.45) is 0.875. The van der Waals surface area contributed by atoms with E-state index in [1.54, 1.807) is 0 Å². The molecule has 1 rings (SSSR count). The van der Waals surface area contributed by atoms with E-state index in [1.807, 2.05) is 32.0 Å². The molecule has 0 radical (unpaired) electrons. The molecule has 4 nitrogen and oxygen atoms in total. The molecule has 0 aliphatic rings. The molecule has 0 bridgehead atoms. The summed E-state index contributed by atoms with van der Waals surface area (Å²) in [6, 6.07) is 5.68. The first-order valence-electron chi connectivity index (χ1n) is 6.26. The van der Waals surface area contributed by atoms with Gasteiger partial charge in [0, 0.05) is 17.9 Å². The fraction of sp³-hybridized carbons (Fsp3) is 0.429. The highest BCUT2D eigenvalue weighted by Crippen LogP contribution is 2.27. The Hall–Kier alpha value is -1.36. The lowest BCUT2D eigenvalue weighted by Gasteiger charge is -2.22. The predicted molar refractivity (Wildman–Crippen MR) is 80.2 cm³/mol. The van der Waals surface area contributed by atoms with Crippen LogP contribution in [0, 0.1) is 6.92 Å². The highest BCUT2D eigenvalue weighted by atomic mass is 79.9. The van der Waals surface area contributed by atoms with Crippen molar-refractivity contribution in [2.75, 3.05) is 18.0 Å². The number of anilines is 1. The standard InChI is InChI=1S/C14H19BrN2O2/c1-4-7-16-14(19)9-17(11(3)18)13-6-5-10(2)8-12(13)15/h5-6,8H,4,7,9H2,1-3H3,(H,16,19). The zero-order chi connectivity index (χ0) is 14.4. The molecule has 0 unspecified atom stereocenters. The zero-order valence-electron chi connectivity index (χ0n) is 11.5. The normalized spacial score (nSPS) is 10.1. The van der Waals surface area contributed by atoms with Gasteiger partial charge in [-0.05, 0) is 47.0 Å².